The summed E-state index contributed by atoms with van der Waals surface area (Å²) in [5, 5.41) is 11.6. The van der Waals surface area contributed by atoms with E-state index in [0.717, 1.165) is 0 Å². The maximum atomic E-state index is 9.88. The fourth-order valence-electron chi connectivity index (χ4n) is 0.154. The minimum Gasteiger partial charge on any atom is -0.235 e. The quantitative estimate of drug-likeness (QED) is 0.405. The van der Waals surface area contributed by atoms with E-state index in [0.29, 0.717) is 0 Å². The van der Waals surface area contributed by atoms with E-state index in [1.165, 1.54) is 0 Å². The lowest BCUT2D eigenvalue weighted by atomic mass is 11.2. The number of amides is 2. The third-order valence-corrected chi connectivity index (χ3v) is 0.341. The molecular weight excluding hydrogens is 98.0 g/mol. The molecule has 34 valence electrons. The van der Waals surface area contributed by atoms with Gasteiger partial charge in [-0.25, -0.2) is 4.79 Å². The summed E-state index contributed by atoms with van der Waals surface area (Å²) in [5.74, 6) is 0. The van der Waals surface area contributed by atoms with Gasteiger partial charge in [0.05, 0.1) is 10.0 Å². The summed E-state index contributed by atoms with van der Waals surface area (Å²) < 4.78 is 0. The lowest BCUT2D eigenvalue weighted by molar-refractivity contribution is 0.252. The van der Waals surface area contributed by atoms with Crippen LogP contribution in [0, 0.1) is 0 Å². The number of nitrogens with zero attached hydrogens (tertiary/aromatic N) is 5. The predicted molar refractivity (Wildman–Crippen MR) is 17.2 cm³/mol. The van der Waals surface area contributed by atoms with E-state index in [2.05, 4.69) is 25.6 Å². The molecule has 0 fully saturated rings. The molecule has 1 aliphatic rings. The standard InChI is InChI=1S/CN5O/c7-1-2-4-6-5-3-1/q+1. The van der Waals surface area contributed by atoms with Gasteiger partial charge in [0.25, 0.3) is 5.22 Å². The highest BCUT2D eigenvalue weighted by Crippen LogP contribution is 1.84. The zero-order valence-corrected chi connectivity index (χ0v) is 3.14. The first kappa shape index (κ1) is 3.76. The summed E-state index contributed by atoms with van der Waals surface area (Å²) >= 11 is 0. The molecule has 1 heterocycles. The van der Waals surface area contributed by atoms with Crippen molar-refractivity contribution in [3.05, 3.63) is 0 Å². The van der Waals surface area contributed by atoms with Crippen LogP contribution in [0.1, 0.15) is 0 Å². The number of hydrogen-bond acceptors (Lipinski definition) is 3. The first-order valence-corrected chi connectivity index (χ1v) is 1.45. The first-order chi connectivity index (χ1) is 3.39. The Morgan fingerprint density at radius 1 is 1.57 bits per heavy atom. The predicted octanol–water partition coefficient (Wildman–Crippen LogP) is 0.459. The second-order valence-corrected chi connectivity index (χ2v) is 0.751. The third kappa shape index (κ3) is 0.704. The van der Waals surface area contributed by atoms with Crippen molar-refractivity contribution in [2.45, 2.75) is 0 Å². The van der Waals surface area contributed by atoms with Crippen LogP contribution in [0.2, 0.25) is 0 Å². The van der Waals surface area contributed by atoms with Crippen molar-refractivity contribution < 1.29 is 4.79 Å². The largest absolute Gasteiger partial charge is 0.463 e. The maximum absolute atomic E-state index is 9.88. The summed E-state index contributed by atoms with van der Waals surface area (Å²) in [5.41, 5.74) is 0. The van der Waals surface area contributed by atoms with Crippen LogP contribution in [0.5, 0.6) is 0 Å². The van der Waals surface area contributed by atoms with Gasteiger partial charge >= 0.3 is 6.03 Å². The zero-order valence-electron chi connectivity index (χ0n) is 3.14. The van der Waals surface area contributed by atoms with Crippen LogP contribution in [0.3, 0.4) is 0 Å². The van der Waals surface area contributed by atoms with Crippen LogP contribution in [0.15, 0.2) is 20.7 Å². The number of urea groups is 1. The van der Waals surface area contributed by atoms with Gasteiger partial charge in [0.2, 0.25) is 5.22 Å². The minimum atomic E-state index is -0.713. The molecule has 0 atom stereocenters. The highest BCUT2D eigenvalue weighted by Gasteiger charge is 2.05. The molecule has 7 heavy (non-hydrogen) atoms. The van der Waals surface area contributed by atoms with Crippen molar-refractivity contribution in [2.24, 2.45) is 20.7 Å². The van der Waals surface area contributed by atoms with Gasteiger partial charge in [-0.3, -0.25) is 0 Å². The van der Waals surface area contributed by atoms with E-state index in [4.69, 9.17) is 0 Å². The van der Waals surface area contributed by atoms with E-state index < -0.39 is 6.03 Å². The molecule has 0 aliphatic carbocycles. The summed E-state index contributed by atoms with van der Waals surface area (Å²) in [6.07, 6.45) is 0. The van der Waals surface area contributed by atoms with Crippen molar-refractivity contribution in [3.63, 3.8) is 0 Å². The Labute approximate surface area is 37.7 Å². The summed E-state index contributed by atoms with van der Waals surface area (Å²) in [4.78, 5) is 12.8. The zero-order chi connectivity index (χ0) is 5.11. The molecule has 0 radical (unpaired) electrons. The maximum Gasteiger partial charge on any atom is 0.463 e. The van der Waals surface area contributed by atoms with Crippen molar-refractivity contribution in [1.82, 2.24) is 4.91 Å². The summed E-state index contributed by atoms with van der Waals surface area (Å²) in [6.45, 7) is 0. The van der Waals surface area contributed by atoms with E-state index in [1.54, 1.807) is 0 Å². The van der Waals surface area contributed by atoms with Crippen LogP contribution in [0.25, 0.3) is 0 Å². The fourth-order valence-corrected chi connectivity index (χ4v) is 0.154. The molecule has 0 N–H and O–H groups in total. The van der Waals surface area contributed by atoms with Crippen molar-refractivity contribution >= 4 is 6.03 Å². The molecule has 0 aromatic carbocycles. The van der Waals surface area contributed by atoms with Crippen LogP contribution in [-0.2, 0) is 0 Å². The van der Waals surface area contributed by atoms with Gasteiger partial charge in [0, 0.05) is 0 Å². The second kappa shape index (κ2) is 1.36. The Morgan fingerprint density at radius 2 is 2.43 bits per heavy atom. The van der Waals surface area contributed by atoms with Gasteiger partial charge in [-0.05, 0) is 0 Å². The van der Waals surface area contributed by atoms with E-state index in [1.807, 2.05) is 0 Å². The van der Waals surface area contributed by atoms with Crippen LogP contribution < -0.4 is 4.91 Å². The van der Waals surface area contributed by atoms with Crippen LogP contribution >= 0.6 is 0 Å². The molecule has 1 aliphatic heterocycles. The van der Waals surface area contributed by atoms with Crippen LogP contribution in [0.4, 0.5) is 4.79 Å². The highest BCUT2D eigenvalue weighted by molar-refractivity contribution is 5.74. The molecule has 6 nitrogen and oxygen atoms in total. The van der Waals surface area contributed by atoms with E-state index >= 15 is 0 Å². The molecule has 0 saturated carbocycles. The molecule has 1 rings (SSSR count). The molecule has 0 unspecified atom stereocenters. The Bertz CT molecular complexity index is 173. The summed E-state index contributed by atoms with van der Waals surface area (Å²) in [6, 6.07) is -0.713. The van der Waals surface area contributed by atoms with Gasteiger partial charge in [-0.2, -0.15) is 0 Å². The van der Waals surface area contributed by atoms with Crippen molar-refractivity contribution in [3.8, 4) is 0 Å². The molecule has 2 amide bonds. The molecular formula is CN5O+. The fraction of sp³-hybridized carbons (Fsp3) is 0. The van der Waals surface area contributed by atoms with Gasteiger partial charge in [-0.1, -0.05) is 0 Å². The first-order valence-electron chi connectivity index (χ1n) is 1.45. The summed E-state index contributed by atoms with van der Waals surface area (Å²) in [7, 11) is 0. The monoisotopic (exact) mass is 98.0 g/mol. The molecule has 0 aromatic heterocycles. The molecule has 0 bridgehead atoms. The Kier molecular flexibility index (Phi) is 0.728. The Hall–Kier alpha value is -1.42. The van der Waals surface area contributed by atoms with Crippen LogP contribution in [-0.4, -0.2) is 6.03 Å². The normalized spacial score (nSPS) is 15.7. The number of hydrogen-bond donors (Lipinski definition) is 0. The molecule has 0 aromatic rings. The average molecular weight is 98.0 g/mol. The average Bonchev–Trinajstić information content (AvgIpc) is 1.69. The van der Waals surface area contributed by atoms with Crippen molar-refractivity contribution in [1.29, 1.82) is 0 Å². The van der Waals surface area contributed by atoms with Gasteiger partial charge in [0.1, 0.15) is 5.11 Å². The third-order valence-electron chi connectivity index (χ3n) is 0.341. The SMILES string of the molecule is O=C1N=NN=[N+]=N1. The molecule has 0 saturated heterocycles. The van der Waals surface area contributed by atoms with E-state index in [9.17, 15) is 4.79 Å². The number of carbonyl (C=O) groups excluding carboxylic acids is 1. The lowest BCUT2D eigenvalue weighted by Crippen LogP contribution is -1.84. The van der Waals surface area contributed by atoms with Gasteiger partial charge in [-0.15, -0.1) is 0 Å². The van der Waals surface area contributed by atoms with E-state index in [-0.39, 0.29) is 0 Å². The lowest BCUT2D eigenvalue weighted by Gasteiger charge is -1.60. The second-order valence-electron chi connectivity index (χ2n) is 0.751. The number of rotatable bonds is 0. The molecule has 0 spiro atoms. The highest BCUT2D eigenvalue weighted by atomic mass is 16.2. The Balaban J connectivity index is 2.98. The Morgan fingerprint density at radius 3 is 2.71 bits per heavy atom. The smallest absolute Gasteiger partial charge is 0.235 e. The topological polar surface area (TPSA) is 80.6 Å². The number of carbonyl (C=O) groups is 1. The minimum absolute atomic E-state index is 0.713. The van der Waals surface area contributed by atoms with Gasteiger partial charge in [0.15, 0.2) is 0 Å². The van der Waals surface area contributed by atoms with Crippen molar-refractivity contribution in [2.75, 3.05) is 0 Å². The van der Waals surface area contributed by atoms with Gasteiger partial charge < -0.3 is 0 Å². The molecule has 6 heteroatoms.